The van der Waals surface area contributed by atoms with Gasteiger partial charge in [0.25, 0.3) is 15.9 Å². The van der Waals surface area contributed by atoms with Gasteiger partial charge in [-0.3, -0.25) is 13.8 Å². The number of anilines is 1. The number of hydrogen-bond acceptors (Lipinski definition) is 6. The Morgan fingerprint density at radius 1 is 1.30 bits per heavy atom. The van der Waals surface area contributed by atoms with Crippen molar-refractivity contribution in [1.82, 2.24) is 13.9 Å². The molecule has 1 amide bonds. The number of sulfonamides is 1. The minimum absolute atomic E-state index is 0.0752. The Morgan fingerprint density at radius 2 is 2.09 bits per heavy atom. The van der Waals surface area contributed by atoms with Gasteiger partial charge in [-0.25, -0.2) is 12.8 Å². The van der Waals surface area contributed by atoms with Crippen LogP contribution in [0.2, 0.25) is 5.02 Å². The van der Waals surface area contributed by atoms with Gasteiger partial charge in [0.15, 0.2) is 0 Å². The van der Waals surface area contributed by atoms with Gasteiger partial charge < -0.3 is 9.62 Å². The number of halogens is 3. The van der Waals surface area contributed by atoms with Crippen LogP contribution in [0.25, 0.3) is 0 Å². The minimum atomic E-state index is -4.00. The minimum Gasteiger partial charge on any atom is -0.337 e. The summed E-state index contributed by atoms with van der Waals surface area (Å²) in [7, 11) is -2.43. The average Bonchev–Trinajstić information content (AvgIpc) is 3.24. The van der Waals surface area contributed by atoms with E-state index in [1.165, 1.54) is 41.3 Å². The number of nitrogens with one attached hydrogen (secondary N) is 2. The SMILES string of the molecule is CN(Cc1ccc(F)cc1Cl)C(=O)c1ccc(I)cc1NS(=O)(=O)C1=CC=CN2SNC=C12. The zero-order chi connectivity index (χ0) is 23.8. The van der Waals surface area contributed by atoms with E-state index in [0.717, 1.165) is 3.57 Å². The van der Waals surface area contributed by atoms with Crippen molar-refractivity contribution in [1.29, 1.82) is 0 Å². The lowest BCUT2D eigenvalue weighted by atomic mass is 10.1. The van der Waals surface area contributed by atoms with Gasteiger partial charge in [0.05, 0.1) is 29.1 Å². The Hall–Kier alpha value is -2.22. The van der Waals surface area contributed by atoms with Gasteiger partial charge in [-0.1, -0.05) is 17.7 Å². The lowest BCUT2D eigenvalue weighted by molar-refractivity contribution is 0.0786. The zero-order valence-corrected chi connectivity index (χ0v) is 21.6. The number of rotatable bonds is 6. The van der Waals surface area contributed by atoms with E-state index >= 15 is 0 Å². The van der Waals surface area contributed by atoms with Crippen molar-refractivity contribution in [3.05, 3.63) is 97.1 Å². The first-order valence-corrected chi connectivity index (χ1v) is 13.2. The Balaban J connectivity index is 1.61. The quantitative estimate of drug-likeness (QED) is 0.357. The number of amides is 1. The molecule has 0 radical (unpaired) electrons. The first-order valence-electron chi connectivity index (χ1n) is 9.48. The van der Waals surface area contributed by atoms with Crippen LogP contribution in [-0.4, -0.2) is 30.6 Å². The molecule has 0 aromatic heterocycles. The van der Waals surface area contributed by atoms with Crippen LogP contribution in [0.3, 0.4) is 0 Å². The maximum atomic E-state index is 13.3. The molecular formula is C21H17ClFIN4O3S2. The summed E-state index contributed by atoms with van der Waals surface area (Å²) in [5, 5.41) is 0.205. The smallest absolute Gasteiger partial charge is 0.264 e. The highest BCUT2D eigenvalue weighted by atomic mass is 127. The third-order valence-corrected chi connectivity index (χ3v) is 7.99. The van der Waals surface area contributed by atoms with Crippen molar-refractivity contribution in [2.24, 2.45) is 0 Å². The van der Waals surface area contributed by atoms with Crippen molar-refractivity contribution < 1.29 is 17.6 Å². The summed E-state index contributed by atoms with van der Waals surface area (Å²) in [6.07, 6.45) is 6.47. The van der Waals surface area contributed by atoms with Crippen LogP contribution in [0.4, 0.5) is 10.1 Å². The van der Waals surface area contributed by atoms with Crippen LogP contribution in [0.15, 0.2) is 71.6 Å². The van der Waals surface area contributed by atoms with E-state index in [2.05, 4.69) is 9.44 Å². The fraction of sp³-hybridized carbons (Fsp3) is 0.0952. The Bertz CT molecular complexity index is 1330. The van der Waals surface area contributed by atoms with E-state index in [4.69, 9.17) is 11.6 Å². The predicted molar refractivity (Wildman–Crippen MR) is 137 cm³/mol. The van der Waals surface area contributed by atoms with E-state index in [0.29, 0.717) is 11.3 Å². The fourth-order valence-electron chi connectivity index (χ4n) is 3.23. The first-order chi connectivity index (χ1) is 15.7. The number of fused-ring (bicyclic) bond motifs is 1. The van der Waals surface area contributed by atoms with Gasteiger partial charge in [0.2, 0.25) is 0 Å². The molecule has 2 heterocycles. The van der Waals surface area contributed by atoms with Crippen LogP contribution >= 0.6 is 46.3 Å². The zero-order valence-electron chi connectivity index (χ0n) is 17.1. The van der Waals surface area contributed by atoms with Crippen LogP contribution in [0, 0.1) is 9.39 Å². The Labute approximate surface area is 213 Å². The molecule has 0 spiro atoms. The highest BCUT2D eigenvalue weighted by molar-refractivity contribution is 14.1. The van der Waals surface area contributed by atoms with Crippen molar-refractivity contribution in [3.8, 4) is 0 Å². The van der Waals surface area contributed by atoms with Gasteiger partial charge in [-0.2, -0.15) is 0 Å². The predicted octanol–water partition coefficient (Wildman–Crippen LogP) is 4.82. The number of carbonyl (C=O) groups is 1. The molecule has 172 valence electrons. The van der Waals surface area contributed by atoms with E-state index in [1.807, 2.05) is 22.6 Å². The fourth-order valence-corrected chi connectivity index (χ4v) is 5.93. The van der Waals surface area contributed by atoms with Crippen molar-refractivity contribution in [2.45, 2.75) is 6.54 Å². The molecule has 4 rings (SSSR count). The summed E-state index contributed by atoms with van der Waals surface area (Å²) in [4.78, 5) is 14.7. The monoisotopic (exact) mass is 618 g/mol. The second-order valence-corrected chi connectivity index (χ2v) is 11.2. The molecular weight excluding hydrogens is 602 g/mol. The standard InChI is InChI=1S/C21H17ClFIN4O3S2/c1-27(12-13-4-5-14(23)9-17(13)22)21(29)16-7-6-15(24)10-18(16)26-33(30,31)20-3-2-8-28-19(20)11-25-32-28/h2-11,25-26H,12H2,1H3. The first kappa shape index (κ1) is 23.9. The molecule has 2 N–H and O–H groups in total. The summed E-state index contributed by atoms with van der Waals surface area (Å²) in [6, 6.07) is 8.84. The molecule has 12 heteroatoms. The second kappa shape index (κ2) is 9.57. The molecule has 0 atom stereocenters. The van der Waals surface area contributed by atoms with E-state index in [-0.39, 0.29) is 27.7 Å². The number of allylic oxidation sites excluding steroid dienone is 2. The van der Waals surface area contributed by atoms with Gasteiger partial charge in [-0.05, 0) is 70.6 Å². The normalized spacial score (nSPS) is 14.8. The van der Waals surface area contributed by atoms with Crippen molar-refractivity contribution >= 4 is 67.9 Å². The van der Waals surface area contributed by atoms with Crippen molar-refractivity contribution in [2.75, 3.05) is 11.8 Å². The largest absolute Gasteiger partial charge is 0.337 e. The molecule has 0 fully saturated rings. The van der Waals surface area contributed by atoms with Crippen LogP contribution < -0.4 is 9.44 Å². The summed E-state index contributed by atoms with van der Waals surface area (Å²) in [5.41, 5.74) is 1.39. The molecule has 0 aliphatic carbocycles. The maximum absolute atomic E-state index is 13.3. The Kier molecular flexibility index (Phi) is 6.93. The summed E-state index contributed by atoms with van der Waals surface area (Å²) < 4.78 is 47.7. The van der Waals surface area contributed by atoms with Crippen LogP contribution in [0.1, 0.15) is 15.9 Å². The molecule has 7 nitrogen and oxygen atoms in total. The lowest BCUT2D eigenvalue weighted by Gasteiger charge is -2.23. The van der Waals surface area contributed by atoms with Crippen molar-refractivity contribution in [3.63, 3.8) is 0 Å². The lowest BCUT2D eigenvalue weighted by Crippen LogP contribution is -2.28. The van der Waals surface area contributed by atoms with Crippen LogP contribution in [-0.2, 0) is 16.6 Å². The molecule has 2 aliphatic heterocycles. The summed E-state index contributed by atoms with van der Waals surface area (Å²) >= 11 is 9.39. The molecule has 0 bridgehead atoms. The average molecular weight is 619 g/mol. The number of carbonyl (C=O) groups excluding carboxylic acids is 1. The topological polar surface area (TPSA) is 81.8 Å². The van der Waals surface area contributed by atoms with Gasteiger partial charge >= 0.3 is 0 Å². The summed E-state index contributed by atoms with van der Waals surface area (Å²) in [5.74, 6) is -0.885. The van der Waals surface area contributed by atoms with Gasteiger partial charge in [-0.15, -0.1) is 0 Å². The Morgan fingerprint density at radius 3 is 2.85 bits per heavy atom. The van der Waals surface area contributed by atoms with Gasteiger partial charge in [0, 0.05) is 34.6 Å². The van der Waals surface area contributed by atoms with E-state index < -0.39 is 21.7 Å². The highest BCUT2D eigenvalue weighted by Gasteiger charge is 2.31. The molecule has 2 aliphatic rings. The van der Waals surface area contributed by atoms with E-state index in [1.54, 1.807) is 48.0 Å². The summed E-state index contributed by atoms with van der Waals surface area (Å²) in [6.45, 7) is 0.122. The number of nitrogens with zero attached hydrogens (tertiary/aromatic N) is 2. The third kappa shape index (κ3) is 5.15. The maximum Gasteiger partial charge on any atom is 0.264 e. The number of benzene rings is 2. The van der Waals surface area contributed by atoms with E-state index in [9.17, 15) is 17.6 Å². The highest BCUT2D eigenvalue weighted by Crippen LogP contribution is 2.34. The second-order valence-electron chi connectivity index (χ2n) is 7.13. The molecule has 0 unspecified atom stereocenters. The van der Waals surface area contributed by atoms with Crippen LogP contribution in [0.5, 0.6) is 0 Å². The molecule has 2 aromatic carbocycles. The van der Waals surface area contributed by atoms with Gasteiger partial charge in [0.1, 0.15) is 10.7 Å². The molecule has 2 aromatic rings. The molecule has 0 saturated heterocycles. The number of hydrogen-bond donors (Lipinski definition) is 2. The molecule has 0 saturated carbocycles. The molecule has 33 heavy (non-hydrogen) atoms. The third-order valence-electron chi connectivity index (χ3n) is 4.82.